The Morgan fingerprint density at radius 1 is 0.971 bits per heavy atom. The molecule has 3 N–H and O–H groups in total. The minimum Gasteiger partial charge on any atom is -0.290 e. The van der Waals surface area contributed by atoms with Crippen molar-refractivity contribution in [1.82, 2.24) is 9.97 Å². The van der Waals surface area contributed by atoms with Crippen LogP contribution in [0.25, 0.3) is 11.3 Å². The first-order valence-corrected chi connectivity index (χ1v) is 11.5. The first-order valence-electron chi connectivity index (χ1n) is 10.0. The number of nitrogens with one attached hydrogen (secondary N) is 3. The van der Waals surface area contributed by atoms with Gasteiger partial charge in [-0.25, -0.2) is 18.8 Å². The fourth-order valence-corrected chi connectivity index (χ4v) is 4.17. The molecule has 0 saturated carbocycles. The molecule has 0 spiro atoms. The zero-order chi connectivity index (χ0) is 24.0. The van der Waals surface area contributed by atoms with Gasteiger partial charge in [-0.2, -0.15) is 10.4 Å². The van der Waals surface area contributed by atoms with Crippen LogP contribution in [0.1, 0.15) is 11.1 Å². The quantitative estimate of drug-likeness (QED) is 0.279. The van der Waals surface area contributed by atoms with E-state index in [9.17, 15) is 18.5 Å². The van der Waals surface area contributed by atoms with Gasteiger partial charge in [0, 0.05) is 11.3 Å². The van der Waals surface area contributed by atoms with Crippen molar-refractivity contribution in [1.29, 1.82) is 5.26 Å². The van der Waals surface area contributed by atoms with Gasteiger partial charge in [-0.3, -0.25) is 14.5 Å². The summed E-state index contributed by atoms with van der Waals surface area (Å²) in [4.78, 5) is 19.3. The summed E-state index contributed by atoms with van der Waals surface area (Å²) in [5.41, 5.74) is 3.78. The summed E-state index contributed by atoms with van der Waals surface area (Å²) in [5, 5.41) is 13.4. The molecule has 9 nitrogen and oxygen atoms in total. The van der Waals surface area contributed by atoms with E-state index >= 15 is 0 Å². The van der Waals surface area contributed by atoms with E-state index in [4.69, 9.17) is 0 Å². The number of benzene rings is 3. The largest absolute Gasteiger partial charge is 0.290 e. The van der Waals surface area contributed by atoms with Crippen LogP contribution in [0.3, 0.4) is 0 Å². The number of anilines is 2. The van der Waals surface area contributed by atoms with Crippen LogP contribution in [0.5, 0.6) is 0 Å². The summed E-state index contributed by atoms with van der Waals surface area (Å²) in [7, 11) is -3.72. The Morgan fingerprint density at radius 2 is 1.68 bits per heavy atom. The van der Waals surface area contributed by atoms with Crippen LogP contribution in [-0.2, 0) is 10.0 Å². The van der Waals surface area contributed by atoms with E-state index in [0.717, 1.165) is 0 Å². The molecule has 1 aromatic heterocycles. The molecule has 0 bridgehead atoms. The lowest BCUT2D eigenvalue weighted by Gasteiger charge is -2.08. The molecule has 0 saturated heterocycles. The third-order valence-electron chi connectivity index (χ3n) is 4.65. The van der Waals surface area contributed by atoms with Crippen LogP contribution in [0, 0.1) is 11.3 Å². The lowest BCUT2D eigenvalue weighted by molar-refractivity contribution is 0.601. The first-order chi connectivity index (χ1) is 16.5. The third kappa shape index (κ3) is 5.17. The van der Waals surface area contributed by atoms with Crippen LogP contribution < -0.4 is 15.7 Å². The Labute approximate surface area is 195 Å². The number of H-pyrrole nitrogens is 1. The topological polar surface area (TPSA) is 140 Å². The highest BCUT2D eigenvalue weighted by atomic mass is 32.2. The van der Waals surface area contributed by atoms with Gasteiger partial charge >= 0.3 is 0 Å². The van der Waals surface area contributed by atoms with E-state index in [1.807, 2.05) is 12.1 Å². The molecule has 168 valence electrons. The van der Waals surface area contributed by atoms with Crippen molar-refractivity contribution in [2.75, 3.05) is 10.1 Å². The Bertz CT molecular complexity index is 1540. The molecule has 0 fully saturated rings. The minimum absolute atomic E-state index is 0.0556. The van der Waals surface area contributed by atoms with Gasteiger partial charge < -0.3 is 0 Å². The van der Waals surface area contributed by atoms with Crippen LogP contribution in [0.4, 0.5) is 11.6 Å². The highest BCUT2D eigenvalue weighted by molar-refractivity contribution is 7.92. The van der Waals surface area contributed by atoms with Gasteiger partial charge in [0.15, 0.2) is 0 Å². The molecule has 0 amide bonds. The fourth-order valence-electron chi connectivity index (χ4n) is 3.10. The van der Waals surface area contributed by atoms with Crippen LogP contribution in [0.2, 0.25) is 0 Å². The highest BCUT2D eigenvalue weighted by Crippen LogP contribution is 2.20. The van der Waals surface area contributed by atoms with Crippen molar-refractivity contribution in [2.24, 2.45) is 5.10 Å². The van der Waals surface area contributed by atoms with Gasteiger partial charge in [-0.15, -0.1) is 0 Å². The molecule has 0 aliphatic carbocycles. The maximum Gasteiger partial charge on any atom is 0.270 e. The van der Waals surface area contributed by atoms with E-state index in [2.05, 4.69) is 25.2 Å². The van der Waals surface area contributed by atoms with Gasteiger partial charge in [0.05, 0.1) is 16.8 Å². The molecule has 10 heteroatoms. The number of rotatable bonds is 7. The van der Waals surface area contributed by atoms with Crippen molar-refractivity contribution >= 4 is 27.9 Å². The van der Waals surface area contributed by atoms with E-state index in [1.54, 1.807) is 66.7 Å². The van der Waals surface area contributed by atoms with Crippen molar-refractivity contribution in [3.05, 3.63) is 106 Å². The lowest BCUT2D eigenvalue weighted by atomic mass is 10.1. The summed E-state index contributed by atoms with van der Waals surface area (Å²) in [5.74, 6) is 0.0556. The van der Waals surface area contributed by atoms with Gasteiger partial charge in [0.25, 0.3) is 15.6 Å². The third-order valence-corrected chi connectivity index (χ3v) is 6.05. The van der Waals surface area contributed by atoms with E-state index < -0.39 is 15.6 Å². The molecular formula is C24H18N6O3S. The van der Waals surface area contributed by atoms with Crippen molar-refractivity contribution in [2.45, 2.75) is 4.90 Å². The average molecular weight is 471 g/mol. The molecule has 0 radical (unpaired) electrons. The number of aromatic nitrogens is 2. The van der Waals surface area contributed by atoms with Gasteiger partial charge in [-0.1, -0.05) is 60.7 Å². The number of hydrazone groups is 1. The van der Waals surface area contributed by atoms with E-state index in [-0.39, 0.29) is 22.1 Å². The average Bonchev–Trinajstić information content (AvgIpc) is 2.85. The number of aromatic amines is 1. The van der Waals surface area contributed by atoms with Crippen LogP contribution in [-0.4, -0.2) is 24.6 Å². The van der Waals surface area contributed by atoms with Crippen molar-refractivity contribution in [3.63, 3.8) is 0 Å². The number of hydrogen-bond donors (Lipinski definition) is 3. The van der Waals surface area contributed by atoms with Crippen LogP contribution >= 0.6 is 0 Å². The first kappa shape index (κ1) is 22.4. The van der Waals surface area contributed by atoms with Crippen molar-refractivity contribution in [3.8, 4) is 17.3 Å². The number of sulfonamides is 1. The van der Waals surface area contributed by atoms with Crippen LogP contribution in [0.15, 0.2) is 99.7 Å². The summed E-state index contributed by atoms with van der Waals surface area (Å²) >= 11 is 0. The smallest absolute Gasteiger partial charge is 0.270 e. The second-order valence-electron chi connectivity index (χ2n) is 7.03. The molecule has 4 rings (SSSR count). The molecule has 0 unspecified atom stereocenters. The Hall–Kier alpha value is -4.75. The Balaban J connectivity index is 1.53. The highest BCUT2D eigenvalue weighted by Gasteiger charge is 2.14. The Kier molecular flexibility index (Phi) is 6.47. The zero-order valence-electron chi connectivity index (χ0n) is 17.6. The van der Waals surface area contributed by atoms with Gasteiger partial charge in [-0.05, 0) is 29.8 Å². The predicted molar refractivity (Wildman–Crippen MR) is 130 cm³/mol. The second-order valence-corrected chi connectivity index (χ2v) is 8.71. The summed E-state index contributed by atoms with van der Waals surface area (Å²) in [6.45, 7) is 0. The van der Waals surface area contributed by atoms with E-state index in [1.165, 1.54) is 18.3 Å². The standard InChI is InChI=1S/C24H18N6O3S/c25-15-21-22(18-9-3-1-4-10-18)27-24(28-23(21)31)29-26-16-17-8-7-11-19(14-17)30-34(32,33)20-12-5-2-6-13-20/h1-14,16,30H,(H2,27,28,29,31). The summed E-state index contributed by atoms with van der Waals surface area (Å²) in [6.07, 6.45) is 1.45. The van der Waals surface area contributed by atoms with Gasteiger partial charge in [0.2, 0.25) is 5.95 Å². The monoisotopic (exact) mass is 470 g/mol. The summed E-state index contributed by atoms with van der Waals surface area (Å²) < 4.78 is 27.6. The molecule has 3 aromatic carbocycles. The summed E-state index contributed by atoms with van der Waals surface area (Å²) in [6, 6.07) is 25.4. The number of nitriles is 1. The molecule has 1 heterocycles. The fraction of sp³-hybridized carbons (Fsp3) is 0. The maximum atomic E-state index is 12.5. The molecule has 4 aromatic rings. The maximum absolute atomic E-state index is 12.5. The zero-order valence-corrected chi connectivity index (χ0v) is 18.5. The number of hydrogen-bond acceptors (Lipinski definition) is 7. The normalized spacial score (nSPS) is 11.1. The molecular weight excluding hydrogens is 452 g/mol. The molecule has 0 aliphatic rings. The molecule has 0 aliphatic heterocycles. The minimum atomic E-state index is -3.72. The predicted octanol–water partition coefficient (Wildman–Crippen LogP) is 3.56. The second kappa shape index (κ2) is 9.81. The Morgan fingerprint density at radius 3 is 2.38 bits per heavy atom. The van der Waals surface area contributed by atoms with E-state index in [0.29, 0.717) is 16.8 Å². The number of nitrogens with zero attached hydrogens (tertiary/aromatic N) is 3. The lowest BCUT2D eigenvalue weighted by Crippen LogP contribution is -2.16. The van der Waals surface area contributed by atoms with Gasteiger partial charge in [0.1, 0.15) is 11.6 Å². The van der Waals surface area contributed by atoms with Crippen molar-refractivity contribution < 1.29 is 8.42 Å². The molecule has 0 atom stereocenters. The SMILES string of the molecule is N#Cc1c(-c2ccccc2)nc(NN=Cc2cccc(NS(=O)(=O)c3ccccc3)c2)[nH]c1=O. The molecule has 34 heavy (non-hydrogen) atoms.